The molecular formula is C35H40N8O4. The van der Waals surface area contributed by atoms with Crippen LogP contribution in [0.25, 0.3) is 16.8 Å². The number of hydrogen-bond donors (Lipinski definition) is 5. The lowest BCUT2D eigenvalue weighted by Crippen LogP contribution is -2.51. The Morgan fingerprint density at radius 1 is 1.00 bits per heavy atom. The van der Waals surface area contributed by atoms with Gasteiger partial charge in [-0.05, 0) is 35.4 Å². The molecule has 12 nitrogen and oxygen atoms in total. The zero-order chi connectivity index (χ0) is 33.9. The summed E-state index contributed by atoms with van der Waals surface area (Å²) >= 11 is 0. The molecule has 2 atom stereocenters. The SMILES string of the molecule is CC(C)C[C@H](NC(=O)C(=Cc1ccccc1)CC(=O)N(C)c1cccc2ccccc12)C(=NNC(N)=O)C(=O)[C@@H](N)Cc1cnc[nH]1. The number of carbonyl (C=O) groups excluding carboxylic acids is 4. The van der Waals surface area contributed by atoms with E-state index in [-0.39, 0.29) is 42.4 Å². The van der Waals surface area contributed by atoms with Crippen molar-refractivity contribution in [1.29, 1.82) is 0 Å². The lowest BCUT2D eigenvalue weighted by atomic mass is 9.93. The highest BCUT2D eigenvalue weighted by Gasteiger charge is 2.31. The molecule has 0 aliphatic carbocycles. The van der Waals surface area contributed by atoms with E-state index in [1.54, 1.807) is 19.3 Å². The molecular weight excluding hydrogens is 596 g/mol. The molecule has 4 aromatic rings. The number of rotatable bonds is 14. The molecule has 244 valence electrons. The van der Waals surface area contributed by atoms with Crippen molar-refractivity contribution < 1.29 is 19.2 Å². The summed E-state index contributed by atoms with van der Waals surface area (Å²) in [6.45, 7) is 3.83. The van der Waals surface area contributed by atoms with Crippen LogP contribution in [0, 0.1) is 5.92 Å². The Morgan fingerprint density at radius 3 is 2.38 bits per heavy atom. The molecule has 3 aromatic carbocycles. The first-order valence-corrected chi connectivity index (χ1v) is 15.2. The van der Waals surface area contributed by atoms with Crippen molar-refractivity contribution >= 4 is 51.9 Å². The maximum Gasteiger partial charge on any atom is 0.332 e. The topological polar surface area (TPSA) is 189 Å². The number of fused-ring (bicyclic) bond motifs is 1. The molecule has 0 unspecified atom stereocenters. The van der Waals surface area contributed by atoms with Gasteiger partial charge in [-0.3, -0.25) is 14.4 Å². The number of carbonyl (C=O) groups is 4. The first kappa shape index (κ1) is 34.3. The lowest BCUT2D eigenvalue weighted by molar-refractivity contribution is -0.121. The van der Waals surface area contributed by atoms with Crippen molar-refractivity contribution in [2.75, 3.05) is 11.9 Å². The minimum absolute atomic E-state index is 0.0172. The van der Waals surface area contributed by atoms with Crippen LogP contribution in [0.3, 0.4) is 0 Å². The second-order valence-electron chi connectivity index (χ2n) is 11.6. The Kier molecular flexibility index (Phi) is 11.7. The molecule has 12 heteroatoms. The first-order valence-electron chi connectivity index (χ1n) is 15.2. The standard InChI is InChI=1S/C35H40N8O4/c1-22(2)16-29(32(41-42-35(37)47)33(45)28(36)19-26-20-38-21-39-26)40-34(46)25(17-23-10-5-4-6-11-23)18-31(44)43(3)30-15-9-13-24-12-7-8-14-27(24)30/h4-15,17,20-22,28-29H,16,18-19,36H2,1-3H3,(H,38,39)(H,40,46)(H3,37,42,47)/t28-,29-/m0/s1. The number of hydrazone groups is 1. The van der Waals surface area contributed by atoms with E-state index in [0.717, 1.165) is 10.8 Å². The van der Waals surface area contributed by atoms with Gasteiger partial charge >= 0.3 is 6.03 Å². The molecule has 0 saturated heterocycles. The molecule has 4 rings (SSSR count). The zero-order valence-corrected chi connectivity index (χ0v) is 26.6. The zero-order valence-electron chi connectivity index (χ0n) is 26.6. The van der Waals surface area contributed by atoms with E-state index in [1.165, 1.54) is 11.2 Å². The second kappa shape index (κ2) is 16.1. The minimum atomic E-state index is -1.06. The average Bonchev–Trinajstić information content (AvgIpc) is 3.56. The molecule has 0 saturated carbocycles. The van der Waals surface area contributed by atoms with Gasteiger partial charge in [0.2, 0.25) is 11.8 Å². The van der Waals surface area contributed by atoms with Crippen LogP contribution in [0.5, 0.6) is 0 Å². The van der Waals surface area contributed by atoms with Crippen molar-refractivity contribution in [1.82, 2.24) is 20.7 Å². The molecule has 0 fully saturated rings. The fourth-order valence-corrected chi connectivity index (χ4v) is 5.16. The summed E-state index contributed by atoms with van der Waals surface area (Å²) in [7, 11) is 1.67. The number of benzene rings is 3. The fraction of sp³-hybridized carbons (Fsp3) is 0.257. The Morgan fingerprint density at radius 2 is 1.70 bits per heavy atom. The number of amides is 4. The Balaban J connectivity index is 1.66. The van der Waals surface area contributed by atoms with Crippen LogP contribution >= 0.6 is 0 Å². The fourth-order valence-electron chi connectivity index (χ4n) is 5.16. The predicted octanol–water partition coefficient (Wildman–Crippen LogP) is 3.69. The van der Waals surface area contributed by atoms with E-state index in [1.807, 2.05) is 86.6 Å². The highest BCUT2D eigenvalue weighted by molar-refractivity contribution is 6.44. The van der Waals surface area contributed by atoms with E-state index >= 15 is 0 Å². The molecule has 1 heterocycles. The van der Waals surface area contributed by atoms with Crippen molar-refractivity contribution in [3.63, 3.8) is 0 Å². The number of primary amides is 1. The molecule has 7 N–H and O–H groups in total. The Bertz CT molecular complexity index is 1760. The maximum absolute atomic E-state index is 14.1. The van der Waals surface area contributed by atoms with Gasteiger partial charge in [0.25, 0.3) is 0 Å². The maximum atomic E-state index is 14.1. The quantitative estimate of drug-likeness (QED) is 0.0797. The number of nitrogens with one attached hydrogen (secondary N) is 3. The summed E-state index contributed by atoms with van der Waals surface area (Å²) in [5.74, 6) is -1.52. The molecule has 0 aliphatic rings. The number of aromatic nitrogens is 2. The monoisotopic (exact) mass is 636 g/mol. The first-order chi connectivity index (χ1) is 22.5. The second-order valence-corrected chi connectivity index (χ2v) is 11.6. The summed E-state index contributed by atoms with van der Waals surface area (Å²) in [6, 6.07) is 19.5. The van der Waals surface area contributed by atoms with Crippen molar-refractivity contribution in [2.24, 2.45) is 22.5 Å². The summed E-state index contributed by atoms with van der Waals surface area (Å²) in [4.78, 5) is 61.5. The highest BCUT2D eigenvalue weighted by atomic mass is 16.2. The van der Waals surface area contributed by atoms with E-state index in [9.17, 15) is 19.2 Å². The van der Waals surface area contributed by atoms with Gasteiger partial charge in [0.05, 0.1) is 30.5 Å². The van der Waals surface area contributed by atoms with Crippen LogP contribution in [0.2, 0.25) is 0 Å². The van der Waals surface area contributed by atoms with Crippen molar-refractivity contribution in [3.05, 3.63) is 102 Å². The molecule has 47 heavy (non-hydrogen) atoms. The summed E-state index contributed by atoms with van der Waals surface area (Å²) in [5, 5.41) is 8.79. The van der Waals surface area contributed by atoms with Crippen molar-refractivity contribution in [2.45, 2.75) is 45.2 Å². The highest BCUT2D eigenvalue weighted by Crippen LogP contribution is 2.27. The number of aromatic amines is 1. The minimum Gasteiger partial charge on any atom is -0.350 e. The predicted molar refractivity (Wildman–Crippen MR) is 183 cm³/mol. The van der Waals surface area contributed by atoms with Crippen molar-refractivity contribution in [3.8, 4) is 0 Å². The van der Waals surface area contributed by atoms with Gasteiger partial charge in [0, 0.05) is 36.3 Å². The smallest absolute Gasteiger partial charge is 0.332 e. The van der Waals surface area contributed by atoms with Gasteiger partial charge in [-0.2, -0.15) is 5.10 Å². The van der Waals surface area contributed by atoms with Crippen LogP contribution < -0.4 is 27.1 Å². The third-order valence-electron chi connectivity index (χ3n) is 7.49. The third kappa shape index (κ3) is 9.44. The number of ketones is 1. The Hall–Kier alpha value is -5.62. The van der Waals surface area contributed by atoms with E-state index < -0.39 is 29.8 Å². The summed E-state index contributed by atoms with van der Waals surface area (Å²) < 4.78 is 0. The number of urea groups is 1. The summed E-state index contributed by atoms with van der Waals surface area (Å²) in [6.07, 6.45) is 4.80. The molecule has 0 aliphatic heterocycles. The normalized spacial score (nSPS) is 13.2. The number of nitrogens with zero attached hydrogens (tertiary/aromatic N) is 3. The van der Waals surface area contributed by atoms with Crippen LogP contribution in [0.4, 0.5) is 10.5 Å². The van der Waals surface area contributed by atoms with Gasteiger partial charge in [0.1, 0.15) is 5.71 Å². The number of imidazole rings is 1. The molecule has 0 radical (unpaired) electrons. The van der Waals surface area contributed by atoms with Crippen LogP contribution in [0.15, 0.2) is 96.0 Å². The van der Waals surface area contributed by atoms with Crippen LogP contribution in [0.1, 0.15) is 37.9 Å². The summed E-state index contributed by atoms with van der Waals surface area (Å²) in [5.41, 5.74) is 15.7. The van der Waals surface area contributed by atoms with Gasteiger partial charge in [-0.25, -0.2) is 15.2 Å². The van der Waals surface area contributed by atoms with Gasteiger partial charge < -0.3 is 26.7 Å². The molecule has 0 bridgehead atoms. The average molecular weight is 637 g/mol. The number of anilines is 1. The van der Waals surface area contributed by atoms with Gasteiger partial charge in [-0.15, -0.1) is 0 Å². The Labute approximate surface area is 273 Å². The number of nitrogens with two attached hydrogens (primary N) is 2. The molecule has 4 amide bonds. The number of H-pyrrole nitrogens is 1. The van der Waals surface area contributed by atoms with Gasteiger partial charge in [0.15, 0.2) is 5.78 Å². The third-order valence-corrected chi connectivity index (χ3v) is 7.49. The van der Waals surface area contributed by atoms with Crippen LogP contribution in [-0.2, 0) is 20.8 Å². The molecule has 0 spiro atoms. The molecule has 1 aromatic heterocycles. The van der Waals surface area contributed by atoms with E-state index in [4.69, 9.17) is 11.5 Å². The van der Waals surface area contributed by atoms with Gasteiger partial charge in [-0.1, -0.05) is 80.6 Å². The number of hydrogen-bond acceptors (Lipinski definition) is 7. The lowest BCUT2D eigenvalue weighted by Gasteiger charge is -2.25. The van der Waals surface area contributed by atoms with E-state index in [2.05, 4.69) is 25.8 Å². The number of Topliss-reactive ketones (excluding diaryl/α,β-unsaturated/α-hetero) is 1. The van der Waals surface area contributed by atoms with E-state index in [0.29, 0.717) is 16.9 Å². The van der Waals surface area contributed by atoms with Crippen LogP contribution in [-0.4, -0.2) is 58.4 Å². The largest absolute Gasteiger partial charge is 0.350 e.